The molecule has 1 fully saturated rings. The van der Waals surface area contributed by atoms with E-state index >= 15 is 0 Å². The minimum Gasteiger partial charge on any atom is -0.497 e. The number of aliphatic hydroxyl groups excluding tert-OH is 1. The maximum atomic E-state index is 12.1. The Kier molecular flexibility index (Phi) is 9.95. The molecule has 10 heteroatoms. The Bertz CT molecular complexity index is 1660. The first-order valence-electron chi connectivity index (χ1n) is 14.5. The number of benzene rings is 3. The van der Waals surface area contributed by atoms with E-state index in [0.717, 1.165) is 28.2 Å². The highest BCUT2D eigenvalue weighted by atomic mass is 16.6. The quantitative estimate of drug-likeness (QED) is 0.121. The largest absolute Gasteiger partial charge is 0.497 e. The number of nitrogens with zero attached hydrogens (tertiary/aromatic N) is 3. The van der Waals surface area contributed by atoms with Crippen LogP contribution in [-0.4, -0.2) is 79.5 Å². The predicted octanol–water partition coefficient (Wildman–Crippen LogP) is 3.89. The summed E-state index contributed by atoms with van der Waals surface area (Å²) in [6, 6.07) is 26.7. The highest BCUT2D eigenvalue weighted by Gasteiger charge is 2.41. The number of methoxy groups -OCH3 is 2. The van der Waals surface area contributed by atoms with Crippen LogP contribution >= 0.6 is 0 Å². The van der Waals surface area contributed by atoms with E-state index in [0.29, 0.717) is 0 Å². The van der Waals surface area contributed by atoms with Gasteiger partial charge in [0.1, 0.15) is 35.0 Å². The highest BCUT2D eigenvalue weighted by Crippen LogP contribution is 2.42. The number of rotatable bonds is 10. The van der Waals surface area contributed by atoms with Crippen molar-refractivity contribution < 1.29 is 24.1 Å². The Morgan fingerprint density at radius 1 is 1.00 bits per heavy atom. The van der Waals surface area contributed by atoms with Gasteiger partial charge in [0.05, 0.1) is 33.3 Å². The van der Waals surface area contributed by atoms with Gasteiger partial charge in [-0.3, -0.25) is 9.78 Å². The van der Waals surface area contributed by atoms with E-state index in [-0.39, 0.29) is 30.2 Å². The number of hydrogen-bond donors (Lipinski definition) is 2. The second kappa shape index (κ2) is 14.2. The van der Waals surface area contributed by atoms with Crippen molar-refractivity contribution in [2.45, 2.75) is 30.3 Å². The summed E-state index contributed by atoms with van der Waals surface area (Å²) in [6.07, 6.45) is -0.256. The Morgan fingerprint density at radius 3 is 2.18 bits per heavy atom. The molecule has 1 saturated heterocycles. The normalized spacial score (nSPS) is 17.9. The van der Waals surface area contributed by atoms with E-state index in [2.05, 4.69) is 26.8 Å². The van der Waals surface area contributed by atoms with E-state index in [4.69, 9.17) is 18.9 Å². The zero-order chi connectivity index (χ0) is 31.8. The molecule has 0 amide bonds. The number of aromatic nitrogens is 2. The van der Waals surface area contributed by atoms with Gasteiger partial charge in [0.15, 0.2) is 0 Å². The molecule has 0 unspecified atom stereocenters. The molecule has 2 N–H and O–H groups in total. The van der Waals surface area contributed by atoms with Crippen LogP contribution in [0.3, 0.4) is 0 Å². The smallest absolute Gasteiger partial charge is 0.253 e. The Labute approximate surface area is 262 Å². The first-order valence-corrected chi connectivity index (χ1v) is 14.5. The lowest BCUT2D eigenvalue weighted by Gasteiger charge is -2.37. The molecule has 1 aromatic heterocycles. The topological polar surface area (TPSA) is 118 Å². The number of ether oxygens (including phenoxy) is 4. The molecule has 3 aromatic carbocycles. The van der Waals surface area contributed by atoms with Crippen LogP contribution in [0.5, 0.6) is 11.5 Å². The maximum Gasteiger partial charge on any atom is 0.253 e. The summed E-state index contributed by atoms with van der Waals surface area (Å²) in [6.45, 7) is 0.0684. The molecule has 0 bridgehead atoms. The molecule has 3 atom stereocenters. The van der Waals surface area contributed by atoms with Gasteiger partial charge in [0, 0.05) is 26.6 Å². The number of hydrogen-bond acceptors (Lipinski definition) is 8. The first-order chi connectivity index (χ1) is 21.8. The molecule has 232 valence electrons. The molecule has 4 aromatic rings. The zero-order valence-corrected chi connectivity index (χ0v) is 25.6. The third kappa shape index (κ3) is 7.41. The lowest BCUT2D eigenvalue weighted by molar-refractivity contribution is -0.0759. The van der Waals surface area contributed by atoms with Crippen molar-refractivity contribution in [3.05, 3.63) is 118 Å². The molecular weight excluding hydrogens is 572 g/mol. The summed E-state index contributed by atoms with van der Waals surface area (Å²) in [5.41, 5.74) is 1.48. The summed E-state index contributed by atoms with van der Waals surface area (Å²) in [5, 5.41) is 11.0. The lowest BCUT2D eigenvalue weighted by atomic mass is 9.80. The van der Waals surface area contributed by atoms with Crippen molar-refractivity contribution in [3.63, 3.8) is 0 Å². The number of nitrogens with one attached hydrogen (secondary N) is 1. The standard InChI is InChI=1S/C35H36N4O6/c1-39(2)23-36-34-37-27(20-33(41)38-34)14-19-30-21-31(40)32(45-30)22-44-35(24-8-6-5-7-9-24,25-10-15-28(42-3)16-11-25)26-12-17-29(43-4)18-13-26/h5-13,15-18,20,23,30-32,40H,21-22H2,1-4H3,(H,37,38,41)/b36-23+/t30-,31-,32+/m0/s1. The molecule has 45 heavy (non-hydrogen) atoms. The minimum absolute atomic E-state index is 0.0684. The average molecular weight is 609 g/mol. The number of H-pyrrole nitrogens is 1. The minimum atomic E-state index is -1.05. The first kappa shape index (κ1) is 31.5. The van der Waals surface area contributed by atoms with Gasteiger partial charge in [-0.1, -0.05) is 60.5 Å². The fraction of sp³-hybridized carbons (Fsp3) is 0.286. The molecule has 0 aliphatic carbocycles. The molecule has 0 radical (unpaired) electrons. The molecule has 0 saturated carbocycles. The number of aliphatic imine (C=N–C) groups is 1. The average Bonchev–Trinajstić information content (AvgIpc) is 3.42. The fourth-order valence-corrected chi connectivity index (χ4v) is 5.15. The van der Waals surface area contributed by atoms with Crippen molar-refractivity contribution >= 4 is 12.3 Å². The van der Waals surface area contributed by atoms with Gasteiger partial charge in [-0.05, 0) is 46.9 Å². The Morgan fingerprint density at radius 2 is 1.60 bits per heavy atom. The third-order valence-electron chi connectivity index (χ3n) is 7.36. The monoisotopic (exact) mass is 608 g/mol. The van der Waals surface area contributed by atoms with Crippen molar-refractivity contribution in [2.24, 2.45) is 4.99 Å². The number of aromatic amines is 1. The van der Waals surface area contributed by atoms with Crippen molar-refractivity contribution in [2.75, 3.05) is 34.9 Å². The SMILES string of the molecule is COc1ccc(C(OC[C@H]2O[C@@H](C#Cc3cc(=O)[nH]c(/N=C/N(C)C)n3)C[C@@H]2O)(c2ccccc2)c2ccc(OC)cc2)cc1. The van der Waals surface area contributed by atoms with Gasteiger partial charge in [-0.25, -0.2) is 9.98 Å². The molecule has 1 aliphatic heterocycles. The van der Waals surface area contributed by atoms with Crippen LogP contribution in [0, 0.1) is 11.8 Å². The summed E-state index contributed by atoms with van der Waals surface area (Å²) in [4.78, 5) is 24.8. The van der Waals surface area contributed by atoms with Gasteiger partial charge in [-0.2, -0.15) is 0 Å². The second-order valence-corrected chi connectivity index (χ2v) is 10.7. The van der Waals surface area contributed by atoms with Gasteiger partial charge in [0.2, 0.25) is 5.95 Å². The van der Waals surface area contributed by atoms with Crippen LogP contribution in [0.15, 0.2) is 94.7 Å². The van der Waals surface area contributed by atoms with Crippen LogP contribution in [0.4, 0.5) is 5.95 Å². The summed E-state index contributed by atoms with van der Waals surface area (Å²) in [5.74, 6) is 7.49. The van der Waals surface area contributed by atoms with Crippen LogP contribution in [0.2, 0.25) is 0 Å². The van der Waals surface area contributed by atoms with Crippen LogP contribution in [0.1, 0.15) is 28.8 Å². The molecule has 5 rings (SSSR count). The molecule has 10 nitrogen and oxygen atoms in total. The van der Waals surface area contributed by atoms with Crippen molar-refractivity contribution in [1.82, 2.24) is 14.9 Å². The fourth-order valence-electron chi connectivity index (χ4n) is 5.15. The lowest BCUT2D eigenvalue weighted by Crippen LogP contribution is -2.38. The second-order valence-electron chi connectivity index (χ2n) is 10.7. The summed E-state index contributed by atoms with van der Waals surface area (Å²) < 4.78 is 23.9. The van der Waals surface area contributed by atoms with Crippen molar-refractivity contribution in [3.8, 4) is 23.3 Å². The van der Waals surface area contributed by atoms with E-state index in [9.17, 15) is 9.90 Å². The van der Waals surface area contributed by atoms with Gasteiger partial charge < -0.3 is 29.0 Å². The van der Waals surface area contributed by atoms with Crippen LogP contribution < -0.4 is 15.0 Å². The van der Waals surface area contributed by atoms with E-state index < -0.39 is 23.9 Å². The summed E-state index contributed by atoms with van der Waals surface area (Å²) >= 11 is 0. The summed E-state index contributed by atoms with van der Waals surface area (Å²) in [7, 11) is 6.88. The molecular formula is C35H36N4O6. The van der Waals surface area contributed by atoms with E-state index in [1.54, 1.807) is 19.1 Å². The highest BCUT2D eigenvalue weighted by molar-refractivity contribution is 5.57. The molecule has 0 spiro atoms. The maximum absolute atomic E-state index is 12.1. The Hall–Kier alpha value is -4.95. The van der Waals surface area contributed by atoms with Gasteiger partial charge in [-0.15, -0.1) is 0 Å². The van der Waals surface area contributed by atoms with Crippen LogP contribution in [-0.2, 0) is 15.1 Å². The van der Waals surface area contributed by atoms with E-state index in [1.165, 1.54) is 12.4 Å². The van der Waals surface area contributed by atoms with Gasteiger partial charge >= 0.3 is 0 Å². The Balaban J connectivity index is 1.43. The number of aliphatic hydroxyl groups is 1. The zero-order valence-electron chi connectivity index (χ0n) is 25.6. The van der Waals surface area contributed by atoms with Crippen LogP contribution in [0.25, 0.3) is 0 Å². The van der Waals surface area contributed by atoms with E-state index in [1.807, 2.05) is 93.0 Å². The van der Waals surface area contributed by atoms with Gasteiger partial charge in [0.25, 0.3) is 5.56 Å². The predicted molar refractivity (Wildman–Crippen MR) is 171 cm³/mol. The van der Waals surface area contributed by atoms with Crippen molar-refractivity contribution in [1.29, 1.82) is 0 Å². The molecule has 2 heterocycles. The molecule has 1 aliphatic rings. The third-order valence-corrected chi connectivity index (χ3v) is 7.36.